The molecule has 8 nitrogen and oxygen atoms in total. The average molecular weight is 458 g/mol. The SMILES string of the molecule is CS(=O)(=O)N1CCN(C(=O)c2cccc(S(=O)(=O)Nc3cccc(Cl)c3)c2)CC1. The number of hydrogen-bond acceptors (Lipinski definition) is 5. The standard InChI is InChI=1S/C18H20ClN3O5S2/c1-28(24,25)22-10-8-21(9-11-22)18(23)14-4-2-7-17(12-14)29(26,27)20-16-6-3-5-15(19)13-16/h2-7,12-13,20H,8-11H2,1H3. The Labute approximate surface area is 175 Å². The van der Waals surface area contributed by atoms with Gasteiger partial charge in [-0.15, -0.1) is 0 Å². The number of anilines is 1. The summed E-state index contributed by atoms with van der Waals surface area (Å²) in [6.07, 6.45) is 1.13. The fraction of sp³-hybridized carbons (Fsp3) is 0.278. The molecule has 3 rings (SSSR count). The van der Waals surface area contributed by atoms with Gasteiger partial charge in [0.1, 0.15) is 0 Å². The first-order valence-corrected chi connectivity index (χ1v) is 12.4. The third-order valence-electron chi connectivity index (χ3n) is 4.46. The minimum absolute atomic E-state index is 0.0573. The number of nitrogens with one attached hydrogen (secondary N) is 1. The van der Waals surface area contributed by atoms with Crippen molar-refractivity contribution in [1.29, 1.82) is 0 Å². The van der Waals surface area contributed by atoms with Crippen LogP contribution in [0, 0.1) is 0 Å². The Bertz CT molecular complexity index is 1130. The van der Waals surface area contributed by atoms with Crippen molar-refractivity contribution in [2.75, 3.05) is 37.2 Å². The normalized spacial score (nSPS) is 15.9. The number of hydrogen-bond donors (Lipinski definition) is 1. The molecule has 1 heterocycles. The van der Waals surface area contributed by atoms with Crippen molar-refractivity contribution in [3.05, 3.63) is 59.1 Å². The molecule has 156 valence electrons. The Morgan fingerprint density at radius 1 is 0.966 bits per heavy atom. The van der Waals surface area contributed by atoms with Gasteiger partial charge in [-0.1, -0.05) is 23.7 Å². The molecular weight excluding hydrogens is 438 g/mol. The van der Waals surface area contributed by atoms with Crippen LogP contribution in [0.2, 0.25) is 5.02 Å². The molecule has 1 fully saturated rings. The summed E-state index contributed by atoms with van der Waals surface area (Å²) in [5.41, 5.74) is 0.526. The van der Waals surface area contributed by atoms with Crippen LogP contribution in [-0.4, -0.2) is 64.4 Å². The number of nitrogens with zero attached hydrogens (tertiary/aromatic N) is 2. The van der Waals surface area contributed by atoms with Crippen LogP contribution >= 0.6 is 11.6 Å². The largest absolute Gasteiger partial charge is 0.336 e. The van der Waals surface area contributed by atoms with Gasteiger partial charge in [0.15, 0.2) is 0 Å². The molecule has 0 aliphatic carbocycles. The maximum atomic E-state index is 12.8. The second-order valence-electron chi connectivity index (χ2n) is 6.60. The molecule has 0 unspecified atom stereocenters. The third kappa shape index (κ3) is 5.27. The maximum absolute atomic E-state index is 12.8. The molecule has 0 radical (unpaired) electrons. The minimum atomic E-state index is -3.91. The molecule has 29 heavy (non-hydrogen) atoms. The number of amides is 1. The monoisotopic (exact) mass is 457 g/mol. The number of halogens is 1. The van der Waals surface area contributed by atoms with E-state index in [1.165, 1.54) is 39.5 Å². The van der Waals surface area contributed by atoms with Gasteiger partial charge < -0.3 is 4.90 Å². The van der Waals surface area contributed by atoms with E-state index < -0.39 is 20.0 Å². The maximum Gasteiger partial charge on any atom is 0.261 e. The third-order valence-corrected chi connectivity index (χ3v) is 7.38. The highest BCUT2D eigenvalue weighted by atomic mass is 35.5. The zero-order valence-electron chi connectivity index (χ0n) is 15.6. The first-order valence-electron chi connectivity index (χ1n) is 8.69. The topological polar surface area (TPSA) is 104 Å². The van der Waals surface area contributed by atoms with Gasteiger partial charge in [-0.3, -0.25) is 9.52 Å². The van der Waals surface area contributed by atoms with E-state index in [-0.39, 0.29) is 42.5 Å². The second kappa shape index (κ2) is 8.31. The zero-order chi connectivity index (χ0) is 21.2. The van der Waals surface area contributed by atoms with Gasteiger partial charge in [0.25, 0.3) is 15.9 Å². The molecule has 2 aromatic carbocycles. The van der Waals surface area contributed by atoms with Gasteiger partial charge in [0.05, 0.1) is 16.8 Å². The van der Waals surface area contributed by atoms with E-state index in [9.17, 15) is 21.6 Å². The van der Waals surface area contributed by atoms with E-state index in [0.29, 0.717) is 10.7 Å². The lowest BCUT2D eigenvalue weighted by Gasteiger charge is -2.33. The summed E-state index contributed by atoms with van der Waals surface area (Å²) in [6.45, 7) is 0.894. The molecule has 0 atom stereocenters. The van der Waals surface area contributed by atoms with E-state index in [1.807, 2.05) is 0 Å². The van der Waals surface area contributed by atoms with Crippen LogP contribution in [-0.2, 0) is 20.0 Å². The van der Waals surface area contributed by atoms with Crippen LogP contribution < -0.4 is 4.72 Å². The zero-order valence-corrected chi connectivity index (χ0v) is 18.0. The average Bonchev–Trinajstić information content (AvgIpc) is 2.66. The van der Waals surface area contributed by atoms with E-state index >= 15 is 0 Å². The van der Waals surface area contributed by atoms with Gasteiger partial charge in [-0.2, -0.15) is 4.31 Å². The van der Waals surface area contributed by atoms with Crippen LogP contribution in [0.5, 0.6) is 0 Å². The lowest BCUT2D eigenvalue weighted by atomic mass is 10.2. The molecule has 2 aromatic rings. The second-order valence-corrected chi connectivity index (χ2v) is 10.7. The van der Waals surface area contributed by atoms with Crippen molar-refractivity contribution in [1.82, 2.24) is 9.21 Å². The van der Waals surface area contributed by atoms with E-state index in [4.69, 9.17) is 11.6 Å². The summed E-state index contributed by atoms with van der Waals surface area (Å²) in [5, 5.41) is 0.391. The summed E-state index contributed by atoms with van der Waals surface area (Å²) in [6, 6.07) is 12.0. The summed E-state index contributed by atoms with van der Waals surface area (Å²) in [4.78, 5) is 14.2. The molecule has 0 bridgehead atoms. The van der Waals surface area contributed by atoms with E-state index in [0.717, 1.165) is 6.26 Å². The highest BCUT2D eigenvalue weighted by molar-refractivity contribution is 7.92. The van der Waals surface area contributed by atoms with Crippen LogP contribution in [0.3, 0.4) is 0 Å². The molecule has 1 N–H and O–H groups in total. The summed E-state index contributed by atoms with van der Waals surface area (Å²) in [5.74, 6) is -0.349. The summed E-state index contributed by atoms with van der Waals surface area (Å²) < 4.78 is 52.3. The van der Waals surface area contributed by atoms with Crippen LogP contribution in [0.1, 0.15) is 10.4 Å². The first-order chi connectivity index (χ1) is 13.6. The van der Waals surface area contributed by atoms with Crippen molar-refractivity contribution >= 4 is 43.2 Å². The Kier molecular flexibility index (Phi) is 6.18. The fourth-order valence-electron chi connectivity index (χ4n) is 2.97. The van der Waals surface area contributed by atoms with Gasteiger partial charge in [-0.05, 0) is 36.4 Å². The quantitative estimate of drug-likeness (QED) is 0.738. The van der Waals surface area contributed by atoms with Crippen molar-refractivity contribution in [3.63, 3.8) is 0 Å². The fourth-order valence-corrected chi connectivity index (χ4v) is 5.08. The van der Waals surface area contributed by atoms with Crippen LogP contribution in [0.15, 0.2) is 53.4 Å². The van der Waals surface area contributed by atoms with Crippen molar-refractivity contribution in [2.45, 2.75) is 4.90 Å². The number of sulfonamides is 2. The van der Waals surface area contributed by atoms with Gasteiger partial charge in [0.2, 0.25) is 10.0 Å². The molecule has 1 saturated heterocycles. The minimum Gasteiger partial charge on any atom is -0.336 e. The van der Waals surface area contributed by atoms with Crippen molar-refractivity contribution in [3.8, 4) is 0 Å². The number of rotatable bonds is 5. The highest BCUT2D eigenvalue weighted by Crippen LogP contribution is 2.21. The van der Waals surface area contributed by atoms with Crippen molar-refractivity contribution < 1.29 is 21.6 Å². The van der Waals surface area contributed by atoms with E-state index in [1.54, 1.807) is 18.2 Å². The number of carbonyl (C=O) groups excluding carboxylic acids is 1. The smallest absolute Gasteiger partial charge is 0.261 e. The molecule has 1 aliphatic heterocycles. The predicted octanol–water partition coefficient (Wildman–Crippen LogP) is 1.86. The lowest BCUT2D eigenvalue weighted by Crippen LogP contribution is -2.50. The number of benzene rings is 2. The number of carbonyl (C=O) groups is 1. The van der Waals surface area contributed by atoms with Gasteiger partial charge >= 0.3 is 0 Å². The van der Waals surface area contributed by atoms with Crippen molar-refractivity contribution in [2.24, 2.45) is 0 Å². The van der Waals surface area contributed by atoms with E-state index in [2.05, 4.69) is 4.72 Å². The number of piperazine rings is 1. The molecule has 0 spiro atoms. The molecule has 11 heteroatoms. The summed E-state index contributed by atoms with van der Waals surface area (Å²) >= 11 is 5.88. The lowest BCUT2D eigenvalue weighted by molar-refractivity contribution is 0.0698. The Balaban J connectivity index is 1.76. The Hall–Kier alpha value is -2.14. The van der Waals surface area contributed by atoms with Gasteiger partial charge in [0, 0.05) is 36.8 Å². The summed E-state index contributed by atoms with van der Waals surface area (Å²) in [7, 11) is -7.21. The molecule has 0 saturated carbocycles. The van der Waals surface area contributed by atoms with Gasteiger partial charge in [-0.25, -0.2) is 16.8 Å². The highest BCUT2D eigenvalue weighted by Gasteiger charge is 2.27. The molecule has 1 amide bonds. The van der Waals surface area contributed by atoms with Crippen LogP contribution in [0.25, 0.3) is 0 Å². The van der Waals surface area contributed by atoms with Crippen LogP contribution in [0.4, 0.5) is 5.69 Å². The molecular formula is C18H20ClN3O5S2. The Morgan fingerprint density at radius 3 is 2.24 bits per heavy atom. The molecule has 0 aromatic heterocycles. The molecule has 1 aliphatic rings. The first kappa shape index (κ1) is 21.6. The predicted molar refractivity (Wildman–Crippen MR) is 111 cm³/mol. The Morgan fingerprint density at radius 2 is 1.62 bits per heavy atom.